The molecule has 8 heavy (non-hydrogen) atoms. The number of alkyl halides is 1. The van der Waals surface area contributed by atoms with E-state index in [0.717, 1.165) is 18.8 Å². The molecule has 2 aliphatic rings. The van der Waals surface area contributed by atoms with Gasteiger partial charge in [0.05, 0.1) is 0 Å². The monoisotopic (exact) mass is 174 g/mol. The molecule has 2 aliphatic carbocycles. The van der Waals surface area contributed by atoms with Gasteiger partial charge in [-0.2, -0.15) is 0 Å². The molecule has 2 rings (SSSR count). The summed E-state index contributed by atoms with van der Waals surface area (Å²) < 4.78 is 0. The summed E-state index contributed by atoms with van der Waals surface area (Å²) in [6.45, 7) is 0. The van der Waals surface area contributed by atoms with E-state index in [2.05, 4.69) is 15.9 Å². The van der Waals surface area contributed by atoms with Crippen LogP contribution in [-0.4, -0.2) is 10.6 Å². The van der Waals surface area contributed by atoms with Crippen molar-refractivity contribution < 1.29 is 4.79 Å². The van der Waals surface area contributed by atoms with Crippen LogP contribution in [-0.2, 0) is 4.79 Å². The number of hydrogen-bond donors (Lipinski definition) is 0. The molecular weight excluding hydrogens is 168 g/mol. The van der Waals surface area contributed by atoms with Crippen molar-refractivity contribution in [1.29, 1.82) is 0 Å². The van der Waals surface area contributed by atoms with Crippen LogP contribution in [0.4, 0.5) is 0 Å². The Hall–Kier alpha value is 0.150. The third kappa shape index (κ3) is 0.445. The number of carbonyl (C=O) groups excluding carboxylic acids is 1. The van der Waals surface area contributed by atoms with Crippen LogP contribution in [0, 0.1) is 11.8 Å². The average molecular weight is 175 g/mol. The molecule has 0 unspecified atom stereocenters. The number of ketones is 1. The lowest BCUT2D eigenvalue weighted by Crippen LogP contribution is -1.97. The molecular formula is C6H7BrO. The molecule has 0 aromatic carbocycles. The second-order valence-electron chi connectivity index (χ2n) is 2.64. The first kappa shape index (κ1) is 4.98. The minimum Gasteiger partial charge on any atom is -0.299 e. The van der Waals surface area contributed by atoms with Crippen LogP contribution in [0.2, 0.25) is 0 Å². The van der Waals surface area contributed by atoms with Gasteiger partial charge in [0, 0.05) is 17.2 Å². The Kier molecular flexibility index (Phi) is 0.840. The van der Waals surface area contributed by atoms with Crippen molar-refractivity contribution >= 4 is 21.7 Å². The van der Waals surface area contributed by atoms with Crippen LogP contribution in [0.3, 0.4) is 0 Å². The number of Topliss-reactive ketones (excluding diaryl/α,β-unsaturated/α-hetero) is 1. The number of fused-ring (bicyclic) bond motifs is 1. The quantitative estimate of drug-likeness (QED) is 0.508. The van der Waals surface area contributed by atoms with E-state index < -0.39 is 0 Å². The molecule has 2 fully saturated rings. The van der Waals surface area contributed by atoms with Crippen LogP contribution in [0.25, 0.3) is 0 Å². The predicted octanol–water partition coefficient (Wildman–Crippen LogP) is 1.36. The van der Waals surface area contributed by atoms with Gasteiger partial charge in [-0.25, -0.2) is 0 Å². The van der Waals surface area contributed by atoms with Crippen molar-refractivity contribution in [2.75, 3.05) is 0 Å². The van der Waals surface area contributed by atoms with Gasteiger partial charge in [-0.05, 0) is 12.3 Å². The van der Waals surface area contributed by atoms with E-state index in [1.807, 2.05) is 0 Å². The van der Waals surface area contributed by atoms with Crippen LogP contribution in [0.5, 0.6) is 0 Å². The van der Waals surface area contributed by atoms with E-state index in [9.17, 15) is 4.79 Å². The summed E-state index contributed by atoms with van der Waals surface area (Å²) in [7, 11) is 0. The Morgan fingerprint density at radius 3 is 2.62 bits per heavy atom. The molecule has 0 spiro atoms. The van der Waals surface area contributed by atoms with Crippen molar-refractivity contribution in [2.45, 2.75) is 17.7 Å². The fourth-order valence-corrected chi connectivity index (χ4v) is 2.67. The van der Waals surface area contributed by atoms with Crippen LogP contribution in [0.1, 0.15) is 12.8 Å². The van der Waals surface area contributed by atoms with E-state index >= 15 is 0 Å². The molecule has 0 heterocycles. The highest BCUT2D eigenvalue weighted by atomic mass is 79.9. The first-order valence-corrected chi connectivity index (χ1v) is 3.89. The van der Waals surface area contributed by atoms with E-state index in [1.165, 1.54) is 0 Å². The lowest BCUT2D eigenvalue weighted by atomic mass is 10.2. The van der Waals surface area contributed by atoms with Gasteiger partial charge in [-0.3, -0.25) is 4.79 Å². The molecule has 0 bridgehead atoms. The normalized spacial score (nSPS) is 51.6. The van der Waals surface area contributed by atoms with Gasteiger partial charge < -0.3 is 0 Å². The average Bonchev–Trinajstić information content (AvgIpc) is 2.13. The number of hydrogen-bond acceptors (Lipinski definition) is 1. The standard InChI is InChI=1S/C6H7BrO/c7-6-3-1-2-4(8)5(3)6/h3,5-6H,1-2H2/t3-,5-,6-/m1/s1. The molecule has 0 radical (unpaired) electrons. The van der Waals surface area contributed by atoms with Gasteiger partial charge in [0.25, 0.3) is 0 Å². The molecule has 0 saturated heterocycles. The summed E-state index contributed by atoms with van der Waals surface area (Å²) in [6.07, 6.45) is 1.98. The van der Waals surface area contributed by atoms with Crippen molar-refractivity contribution in [2.24, 2.45) is 11.8 Å². The predicted molar refractivity (Wildman–Crippen MR) is 33.9 cm³/mol. The number of halogens is 1. The van der Waals surface area contributed by atoms with Gasteiger partial charge in [0.1, 0.15) is 5.78 Å². The van der Waals surface area contributed by atoms with Crippen molar-refractivity contribution in [3.05, 3.63) is 0 Å². The van der Waals surface area contributed by atoms with Gasteiger partial charge in [-0.15, -0.1) is 0 Å². The Labute approximate surface area is 56.6 Å². The Bertz CT molecular complexity index is 143. The molecule has 44 valence electrons. The van der Waals surface area contributed by atoms with Crippen LogP contribution >= 0.6 is 15.9 Å². The summed E-state index contributed by atoms with van der Waals surface area (Å²) in [5.41, 5.74) is 0. The van der Waals surface area contributed by atoms with Crippen molar-refractivity contribution in [3.63, 3.8) is 0 Å². The molecule has 2 heteroatoms. The molecule has 2 saturated carbocycles. The second-order valence-corrected chi connectivity index (χ2v) is 3.70. The maximum atomic E-state index is 10.8. The fourth-order valence-electron chi connectivity index (χ4n) is 1.56. The molecule has 0 aromatic heterocycles. The van der Waals surface area contributed by atoms with Gasteiger partial charge in [0.15, 0.2) is 0 Å². The molecule has 0 amide bonds. The highest BCUT2D eigenvalue weighted by Gasteiger charge is 2.56. The lowest BCUT2D eigenvalue weighted by molar-refractivity contribution is -0.118. The topological polar surface area (TPSA) is 17.1 Å². The molecule has 1 nitrogen and oxygen atoms in total. The molecule has 0 aromatic rings. The number of carbonyl (C=O) groups is 1. The molecule has 0 N–H and O–H groups in total. The molecule has 0 aliphatic heterocycles. The van der Waals surface area contributed by atoms with Gasteiger partial charge in [0.2, 0.25) is 0 Å². The van der Waals surface area contributed by atoms with E-state index in [-0.39, 0.29) is 0 Å². The zero-order valence-electron chi connectivity index (χ0n) is 4.43. The van der Waals surface area contributed by atoms with Crippen LogP contribution < -0.4 is 0 Å². The maximum Gasteiger partial charge on any atom is 0.137 e. The van der Waals surface area contributed by atoms with E-state index in [0.29, 0.717) is 16.5 Å². The highest BCUT2D eigenvalue weighted by Crippen LogP contribution is 2.54. The minimum atomic E-state index is 0.426. The van der Waals surface area contributed by atoms with Crippen molar-refractivity contribution in [1.82, 2.24) is 0 Å². The Morgan fingerprint density at radius 2 is 2.38 bits per heavy atom. The Balaban J connectivity index is 2.18. The summed E-state index contributed by atoms with van der Waals surface area (Å²) in [4.78, 5) is 11.4. The second kappa shape index (κ2) is 1.35. The van der Waals surface area contributed by atoms with E-state index in [4.69, 9.17) is 0 Å². The van der Waals surface area contributed by atoms with Crippen LogP contribution in [0.15, 0.2) is 0 Å². The Morgan fingerprint density at radius 1 is 1.62 bits per heavy atom. The minimum absolute atomic E-state index is 0.426. The zero-order chi connectivity index (χ0) is 5.72. The summed E-state index contributed by atoms with van der Waals surface area (Å²) >= 11 is 3.44. The summed E-state index contributed by atoms with van der Waals surface area (Å²) in [5, 5.41) is 0. The summed E-state index contributed by atoms with van der Waals surface area (Å²) in [6, 6.07) is 0. The van der Waals surface area contributed by atoms with Gasteiger partial charge >= 0.3 is 0 Å². The first-order valence-electron chi connectivity index (χ1n) is 2.97. The van der Waals surface area contributed by atoms with E-state index in [1.54, 1.807) is 0 Å². The third-order valence-corrected chi connectivity index (χ3v) is 3.42. The largest absolute Gasteiger partial charge is 0.299 e. The lowest BCUT2D eigenvalue weighted by Gasteiger charge is -1.88. The third-order valence-electron chi connectivity index (χ3n) is 2.17. The fraction of sp³-hybridized carbons (Fsp3) is 0.833. The number of rotatable bonds is 0. The smallest absolute Gasteiger partial charge is 0.137 e. The SMILES string of the molecule is O=C1CC[C@H]2[C@@H](Br)[C@@H]12. The van der Waals surface area contributed by atoms with Gasteiger partial charge in [-0.1, -0.05) is 15.9 Å². The van der Waals surface area contributed by atoms with Crippen molar-refractivity contribution in [3.8, 4) is 0 Å². The zero-order valence-corrected chi connectivity index (χ0v) is 6.02. The molecule has 3 atom stereocenters. The first-order chi connectivity index (χ1) is 3.80. The summed E-state index contributed by atoms with van der Waals surface area (Å²) in [5.74, 6) is 1.63. The maximum absolute atomic E-state index is 10.8. The highest BCUT2D eigenvalue weighted by molar-refractivity contribution is 9.09.